The molecule has 2 atom stereocenters. The van der Waals surface area contributed by atoms with Crippen molar-refractivity contribution in [3.8, 4) is 17.2 Å². The highest BCUT2D eigenvalue weighted by atomic mass is 16.5. The number of anilines is 1. The number of benzene rings is 1. The second-order valence-corrected chi connectivity index (χ2v) is 6.51. The summed E-state index contributed by atoms with van der Waals surface area (Å²) in [6.45, 7) is 2.18. The molecule has 1 amide bonds. The lowest BCUT2D eigenvalue weighted by Gasteiger charge is -2.18. The summed E-state index contributed by atoms with van der Waals surface area (Å²) >= 11 is 0. The van der Waals surface area contributed by atoms with Gasteiger partial charge in [0.05, 0.1) is 12.5 Å². The summed E-state index contributed by atoms with van der Waals surface area (Å²) in [5, 5.41) is 2.76. The van der Waals surface area contributed by atoms with Crippen molar-refractivity contribution in [2.75, 3.05) is 11.9 Å². The molecule has 27 heavy (non-hydrogen) atoms. The first-order chi connectivity index (χ1) is 13.1. The lowest BCUT2D eigenvalue weighted by atomic mass is 10.1. The van der Waals surface area contributed by atoms with Crippen LogP contribution in [0.1, 0.15) is 25.3 Å². The Hall–Kier alpha value is -3.09. The zero-order chi connectivity index (χ0) is 18.8. The standard InChI is InChI=1S/C20H20N2O5/c1-2-25-20(24)15-11-17(15)27-13-5-3-12(4-6-13)26-16-9-10-21-19-14(16)7-8-18(23)22-19/h3-6,9-10,15,17H,2,7-8,11H2,1H3,(H,21,22,23). The molecule has 2 unspecified atom stereocenters. The van der Waals surface area contributed by atoms with Gasteiger partial charge in [-0.3, -0.25) is 9.59 Å². The third-order valence-corrected chi connectivity index (χ3v) is 4.53. The second-order valence-electron chi connectivity index (χ2n) is 6.51. The van der Waals surface area contributed by atoms with Crippen LogP contribution in [0.2, 0.25) is 0 Å². The number of hydrogen-bond donors (Lipinski definition) is 1. The highest BCUT2D eigenvalue weighted by Crippen LogP contribution is 2.37. The van der Waals surface area contributed by atoms with Crippen LogP contribution < -0.4 is 14.8 Å². The summed E-state index contributed by atoms with van der Waals surface area (Å²) in [7, 11) is 0. The Morgan fingerprint density at radius 3 is 2.74 bits per heavy atom. The first-order valence-corrected chi connectivity index (χ1v) is 9.03. The second kappa shape index (κ2) is 7.26. The third-order valence-electron chi connectivity index (χ3n) is 4.53. The van der Waals surface area contributed by atoms with Gasteiger partial charge in [-0.05, 0) is 43.7 Å². The van der Waals surface area contributed by atoms with Crippen LogP contribution >= 0.6 is 0 Å². The van der Waals surface area contributed by atoms with Crippen molar-refractivity contribution in [2.24, 2.45) is 5.92 Å². The maximum absolute atomic E-state index is 11.6. The van der Waals surface area contributed by atoms with Crippen LogP contribution in [0.3, 0.4) is 0 Å². The molecule has 1 aliphatic heterocycles. The highest BCUT2D eigenvalue weighted by Gasteiger charge is 2.46. The van der Waals surface area contributed by atoms with Gasteiger partial charge >= 0.3 is 5.97 Å². The molecule has 1 aromatic heterocycles. The molecule has 0 saturated heterocycles. The minimum atomic E-state index is -0.197. The van der Waals surface area contributed by atoms with Crippen molar-refractivity contribution in [3.63, 3.8) is 0 Å². The number of aromatic nitrogens is 1. The number of esters is 1. The Kier molecular flexibility index (Phi) is 4.66. The maximum atomic E-state index is 11.6. The van der Waals surface area contributed by atoms with Gasteiger partial charge in [-0.15, -0.1) is 0 Å². The SMILES string of the molecule is CCOC(=O)C1CC1Oc1ccc(Oc2ccnc3c2CCC(=O)N3)cc1. The van der Waals surface area contributed by atoms with Crippen molar-refractivity contribution in [1.29, 1.82) is 0 Å². The molecule has 7 heteroatoms. The van der Waals surface area contributed by atoms with Gasteiger partial charge in [0.1, 0.15) is 29.2 Å². The van der Waals surface area contributed by atoms with Gasteiger partial charge in [0, 0.05) is 24.6 Å². The molecule has 0 radical (unpaired) electrons. The highest BCUT2D eigenvalue weighted by molar-refractivity contribution is 5.93. The Balaban J connectivity index is 1.39. The predicted octanol–water partition coefficient (Wildman–Crippen LogP) is 3.09. The van der Waals surface area contributed by atoms with Gasteiger partial charge in [-0.1, -0.05) is 0 Å². The largest absolute Gasteiger partial charge is 0.490 e. The van der Waals surface area contributed by atoms with E-state index in [1.807, 2.05) is 24.3 Å². The van der Waals surface area contributed by atoms with E-state index in [1.165, 1.54) is 0 Å². The van der Waals surface area contributed by atoms with E-state index in [0.29, 0.717) is 48.9 Å². The first-order valence-electron chi connectivity index (χ1n) is 9.03. The quantitative estimate of drug-likeness (QED) is 0.789. The number of fused-ring (bicyclic) bond motifs is 1. The van der Waals surface area contributed by atoms with Gasteiger partial charge in [0.15, 0.2) is 0 Å². The first kappa shape index (κ1) is 17.3. The Bertz CT molecular complexity index is 865. The molecule has 1 N–H and O–H groups in total. The number of rotatable bonds is 6. The lowest BCUT2D eigenvalue weighted by Crippen LogP contribution is -2.20. The van der Waals surface area contributed by atoms with Crippen LogP contribution in [0.5, 0.6) is 17.2 Å². The molecule has 1 aliphatic carbocycles. The van der Waals surface area contributed by atoms with Crippen LogP contribution in [0.4, 0.5) is 5.82 Å². The molecule has 7 nitrogen and oxygen atoms in total. The molecule has 0 spiro atoms. The van der Waals surface area contributed by atoms with Crippen LogP contribution in [0.25, 0.3) is 0 Å². The summed E-state index contributed by atoms with van der Waals surface area (Å²) in [5.41, 5.74) is 0.896. The van der Waals surface area contributed by atoms with E-state index in [-0.39, 0.29) is 23.9 Å². The Morgan fingerprint density at radius 2 is 1.96 bits per heavy atom. The Morgan fingerprint density at radius 1 is 1.19 bits per heavy atom. The van der Waals surface area contributed by atoms with Gasteiger partial charge in [-0.2, -0.15) is 0 Å². The van der Waals surface area contributed by atoms with Crippen LogP contribution in [0.15, 0.2) is 36.5 Å². The molecule has 0 bridgehead atoms. The number of nitrogens with zero attached hydrogens (tertiary/aromatic N) is 1. The van der Waals surface area contributed by atoms with Gasteiger partial charge < -0.3 is 19.5 Å². The number of carbonyl (C=O) groups is 2. The topological polar surface area (TPSA) is 86.8 Å². The van der Waals surface area contributed by atoms with Crippen molar-refractivity contribution in [1.82, 2.24) is 4.98 Å². The smallest absolute Gasteiger partial charge is 0.312 e. The molecule has 1 aromatic carbocycles. The number of nitrogens with one attached hydrogen (secondary N) is 1. The molecule has 1 saturated carbocycles. The van der Waals surface area contributed by atoms with Crippen molar-refractivity contribution in [3.05, 3.63) is 42.1 Å². The number of amides is 1. The van der Waals surface area contributed by atoms with E-state index < -0.39 is 0 Å². The van der Waals surface area contributed by atoms with Crippen LogP contribution in [0, 0.1) is 5.92 Å². The normalized spacial score (nSPS) is 20.3. The monoisotopic (exact) mass is 368 g/mol. The zero-order valence-corrected chi connectivity index (χ0v) is 14.9. The molecule has 4 rings (SSSR count). The summed E-state index contributed by atoms with van der Waals surface area (Å²) < 4.78 is 16.8. The number of hydrogen-bond acceptors (Lipinski definition) is 6. The van der Waals surface area contributed by atoms with E-state index in [2.05, 4.69) is 10.3 Å². The molecule has 2 aromatic rings. The predicted molar refractivity (Wildman–Crippen MR) is 96.9 cm³/mol. The van der Waals surface area contributed by atoms with Gasteiger partial charge in [0.25, 0.3) is 0 Å². The number of carbonyl (C=O) groups excluding carboxylic acids is 2. The molecule has 140 valence electrons. The van der Waals surface area contributed by atoms with Crippen LogP contribution in [-0.2, 0) is 20.7 Å². The van der Waals surface area contributed by atoms with Crippen molar-refractivity contribution >= 4 is 17.7 Å². The van der Waals surface area contributed by atoms with Crippen LogP contribution in [-0.4, -0.2) is 29.6 Å². The summed E-state index contributed by atoms with van der Waals surface area (Å²) in [4.78, 5) is 27.3. The number of ether oxygens (including phenoxy) is 3. The minimum Gasteiger partial charge on any atom is -0.490 e. The van der Waals surface area contributed by atoms with Gasteiger partial charge in [0.2, 0.25) is 5.91 Å². The average Bonchev–Trinajstić information content (AvgIpc) is 3.43. The van der Waals surface area contributed by atoms with E-state index in [9.17, 15) is 9.59 Å². The van der Waals surface area contributed by atoms with E-state index in [0.717, 1.165) is 5.56 Å². The van der Waals surface area contributed by atoms with E-state index >= 15 is 0 Å². The summed E-state index contributed by atoms with van der Waals surface area (Å²) in [6, 6.07) is 9.03. The fourth-order valence-electron chi connectivity index (χ4n) is 3.04. The summed E-state index contributed by atoms with van der Waals surface area (Å²) in [6.07, 6.45) is 3.20. The van der Waals surface area contributed by atoms with E-state index in [1.54, 1.807) is 19.2 Å². The average molecular weight is 368 g/mol. The summed E-state index contributed by atoms with van der Waals surface area (Å²) in [5.74, 6) is 2.18. The number of pyridine rings is 1. The Labute approximate surface area is 156 Å². The van der Waals surface area contributed by atoms with E-state index in [4.69, 9.17) is 14.2 Å². The molecule has 1 fully saturated rings. The van der Waals surface area contributed by atoms with Gasteiger partial charge in [-0.25, -0.2) is 4.98 Å². The molecular formula is C20H20N2O5. The third kappa shape index (κ3) is 3.86. The molecule has 2 aliphatic rings. The van der Waals surface area contributed by atoms with Crippen molar-refractivity contribution in [2.45, 2.75) is 32.3 Å². The maximum Gasteiger partial charge on any atom is 0.312 e. The lowest BCUT2D eigenvalue weighted by molar-refractivity contribution is -0.145. The minimum absolute atomic E-state index is 0.0325. The molecular weight excluding hydrogens is 348 g/mol. The zero-order valence-electron chi connectivity index (χ0n) is 14.9. The fraction of sp³-hybridized carbons (Fsp3) is 0.350. The molecule has 2 heterocycles. The van der Waals surface area contributed by atoms with Crippen molar-refractivity contribution < 1.29 is 23.8 Å². The fourth-order valence-corrected chi connectivity index (χ4v) is 3.04.